The Labute approximate surface area is 153 Å². The number of nitrogens with one attached hydrogen (secondary N) is 2. The van der Waals surface area contributed by atoms with Gasteiger partial charge >= 0.3 is 0 Å². The van der Waals surface area contributed by atoms with Crippen LogP contribution in [0.4, 0.5) is 0 Å². The van der Waals surface area contributed by atoms with Gasteiger partial charge in [-0.25, -0.2) is 4.98 Å². The minimum Gasteiger partial charge on any atom is -0.404 e. The van der Waals surface area contributed by atoms with E-state index in [1.165, 1.54) is 23.5 Å². The van der Waals surface area contributed by atoms with Crippen LogP contribution in [-0.4, -0.2) is 15.6 Å². The molecule has 3 rings (SSSR count). The van der Waals surface area contributed by atoms with E-state index < -0.39 is 0 Å². The summed E-state index contributed by atoms with van der Waals surface area (Å²) < 4.78 is 1.92. The van der Waals surface area contributed by atoms with Crippen LogP contribution in [0.5, 0.6) is 0 Å². The summed E-state index contributed by atoms with van der Waals surface area (Å²) in [6.07, 6.45) is 7.35. The van der Waals surface area contributed by atoms with Crippen molar-refractivity contribution < 1.29 is 0 Å². The number of aryl methyl sites for hydroxylation is 1. The van der Waals surface area contributed by atoms with Crippen LogP contribution in [0, 0.1) is 5.41 Å². The summed E-state index contributed by atoms with van der Waals surface area (Å²) in [6, 6.07) is 12.4. The lowest BCUT2D eigenvalue weighted by molar-refractivity contribution is 0.884. The van der Waals surface area contributed by atoms with E-state index in [1.807, 2.05) is 22.7 Å². The number of allylic oxidation sites excluding steroid dienone is 1. The molecule has 0 atom stereocenters. The fourth-order valence-electron chi connectivity index (χ4n) is 2.88. The highest BCUT2D eigenvalue weighted by molar-refractivity contribution is 6.08. The van der Waals surface area contributed by atoms with Crippen LogP contribution >= 0.6 is 0 Å². The molecule has 2 aromatic heterocycles. The van der Waals surface area contributed by atoms with Crippen LogP contribution in [0.15, 0.2) is 61.7 Å². The van der Waals surface area contributed by atoms with Crippen LogP contribution in [0.25, 0.3) is 16.8 Å². The smallest absolute Gasteiger partial charge is 0.111 e. The number of imidazole rings is 1. The minimum absolute atomic E-state index is 0.662. The number of fused-ring (bicyclic) bond motifs is 1. The molecule has 26 heavy (non-hydrogen) atoms. The Hall–Kier alpha value is -3.34. The van der Waals surface area contributed by atoms with Crippen molar-refractivity contribution in [2.45, 2.75) is 19.9 Å². The molecule has 1 aromatic carbocycles. The van der Waals surface area contributed by atoms with E-state index in [0.29, 0.717) is 12.1 Å². The molecule has 0 aliphatic carbocycles. The summed E-state index contributed by atoms with van der Waals surface area (Å²) in [6.45, 7) is 7.00. The maximum atomic E-state index is 7.42. The second kappa shape index (κ2) is 7.70. The molecule has 0 fully saturated rings. The second-order valence-electron chi connectivity index (χ2n) is 6.08. The molecule has 0 aliphatic rings. The van der Waals surface area contributed by atoms with E-state index >= 15 is 0 Å². The van der Waals surface area contributed by atoms with E-state index in [2.05, 4.69) is 48.1 Å². The van der Waals surface area contributed by atoms with Gasteiger partial charge < -0.3 is 20.9 Å². The maximum absolute atomic E-state index is 7.42. The Balaban J connectivity index is 1.79. The van der Waals surface area contributed by atoms with Gasteiger partial charge in [-0.3, -0.25) is 0 Å². The summed E-state index contributed by atoms with van der Waals surface area (Å²) in [5, 5.41) is 10.8. The van der Waals surface area contributed by atoms with Crippen LogP contribution in [0.3, 0.4) is 0 Å². The van der Waals surface area contributed by atoms with Gasteiger partial charge in [-0.1, -0.05) is 43.8 Å². The van der Waals surface area contributed by atoms with Crippen LogP contribution < -0.4 is 11.1 Å². The molecule has 4 N–H and O–H groups in total. The second-order valence-corrected chi connectivity index (χ2v) is 6.08. The SMILES string of the molecule is C=C(NCc1cccc(CC)c1)c1ncn2cc(/C(C=N)=C/N)ccc12. The third kappa shape index (κ3) is 3.52. The highest BCUT2D eigenvalue weighted by Crippen LogP contribution is 2.19. The van der Waals surface area contributed by atoms with Gasteiger partial charge in [-0.15, -0.1) is 0 Å². The molecule has 5 nitrogen and oxygen atoms in total. The quantitative estimate of drug-likeness (QED) is 0.572. The first-order valence-corrected chi connectivity index (χ1v) is 8.56. The lowest BCUT2D eigenvalue weighted by Gasteiger charge is -2.10. The van der Waals surface area contributed by atoms with Crippen molar-refractivity contribution in [3.63, 3.8) is 0 Å². The Morgan fingerprint density at radius 2 is 2.12 bits per heavy atom. The van der Waals surface area contributed by atoms with Crippen molar-refractivity contribution in [3.05, 3.63) is 84.1 Å². The number of nitrogens with zero attached hydrogens (tertiary/aromatic N) is 2. The summed E-state index contributed by atoms with van der Waals surface area (Å²) in [5.41, 5.74) is 12.2. The van der Waals surface area contributed by atoms with Crippen molar-refractivity contribution in [1.82, 2.24) is 14.7 Å². The third-order valence-corrected chi connectivity index (χ3v) is 4.39. The first-order chi connectivity index (χ1) is 12.7. The van der Waals surface area contributed by atoms with Crippen LogP contribution in [-0.2, 0) is 13.0 Å². The predicted molar refractivity (Wildman–Crippen MR) is 108 cm³/mol. The lowest BCUT2D eigenvalue weighted by atomic mass is 10.1. The molecule has 0 saturated heterocycles. The van der Waals surface area contributed by atoms with Gasteiger partial charge in [-0.2, -0.15) is 0 Å². The molecule has 3 aromatic rings. The molecule has 132 valence electrons. The molecular formula is C21H23N5. The molecule has 0 radical (unpaired) electrons. The number of benzene rings is 1. The summed E-state index contributed by atoms with van der Waals surface area (Å²) in [5.74, 6) is 0. The normalized spacial score (nSPS) is 11.5. The van der Waals surface area contributed by atoms with Crippen molar-refractivity contribution in [2.24, 2.45) is 5.73 Å². The zero-order valence-electron chi connectivity index (χ0n) is 14.9. The largest absolute Gasteiger partial charge is 0.404 e. The van der Waals surface area contributed by atoms with E-state index in [-0.39, 0.29) is 0 Å². The average Bonchev–Trinajstić information content (AvgIpc) is 3.10. The fraction of sp³-hybridized carbons (Fsp3) is 0.143. The fourth-order valence-corrected chi connectivity index (χ4v) is 2.88. The highest BCUT2D eigenvalue weighted by Gasteiger charge is 2.09. The first kappa shape index (κ1) is 17.5. The summed E-state index contributed by atoms with van der Waals surface area (Å²) in [7, 11) is 0. The van der Waals surface area contributed by atoms with Gasteiger partial charge in [0.25, 0.3) is 0 Å². The first-order valence-electron chi connectivity index (χ1n) is 8.56. The monoisotopic (exact) mass is 345 g/mol. The maximum Gasteiger partial charge on any atom is 0.111 e. The zero-order valence-corrected chi connectivity index (χ0v) is 14.9. The average molecular weight is 345 g/mol. The minimum atomic E-state index is 0.662. The molecule has 0 aliphatic heterocycles. The van der Waals surface area contributed by atoms with Gasteiger partial charge in [0, 0.05) is 36.3 Å². The van der Waals surface area contributed by atoms with E-state index in [0.717, 1.165) is 28.9 Å². The summed E-state index contributed by atoms with van der Waals surface area (Å²) in [4.78, 5) is 4.49. The Morgan fingerprint density at radius 1 is 1.31 bits per heavy atom. The number of aromatic nitrogens is 2. The molecule has 0 unspecified atom stereocenters. The lowest BCUT2D eigenvalue weighted by Crippen LogP contribution is -2.11. The molecule has 2 heterocycles. The molecule has 0 bridgehead atoms. The standard InChI is InChI=1S/C21H23N5/c1-3-16-5-4-6-17(9-16)12-24-15(2)21-20-8-7-18(19(10-22)11-23)13-26(20)14-25-21/h4-11,13-14,22,24H,2-3,12,23H2,1H3/b19-11+,22-10?. The van der Waals surface area contributed by atoms with Gasteiger partial charge in [0.1, 0.15) is 12.0 Å². The topological polar surface area (TPSA) is 79.2 Å². The number of pyridine rings is 1. The van der Waals surface area contributed by atoms with Crippen LogP contribution in [0.2, 0.25) is 0 Å². The van der Waals surface area contributed by atoms with Crippen molar-refractivity contribution >= 4 is 23.0 Å². The molecule has 0 spiro atoms. The Kier molecular flexibility index (Phi) is 5.17. The Bertz CT molecular complexity index is 981. The number of hydrogen-bond donors (Lipinski definition) is 3. The Morgan fingerprint density at radius 3 is 2.85 bits per heavy atom. The van der Waals surface area contributed by atoms with E-state index in [1.54, 1.807) is 6.33 Å². The third-order valence-electron chi connectivity index (χ3n) is 4.39. The number of rotatable bonds is 7. The highest BCUT2D eigenvalue weighted by atomic mass is 15.0. The van der Waals surface area contributed by atoms with E-state index in [9.17, 15) is 0 Å². The van der Waals surface area contributed by atoms with Crippen molar-refractivity contribution in [1.29, 1.82) is 5.41 Å². The molecule has 5 heteroatoms. The van der Waals surface area contributed by atoms with Gasteiger partial charge in [0.05, 0.1) is 11.2 Å². The predicted octanol–water partition coefficient (Wildman–Crippen LogP) is 3.61. The molecule has 0 amide bonds. The number of hydrogen-bond acceptors (Lipinski definition) is 4. The molecular weight excluding hydrogens is 322 g/mol. The van der Waals surface area contributed by atoms with Crippen LogP contribution in [0.1, 0.15) is 29.3 Å². The number of nitrogens with two attached hydrogens (primary N) is 1. The van der Waals surface area contributed by atoms with E-state index in [4.69, 9.17) is 11.1 Å². The van der Waals surface area contributed by atoms with Gasteiger partial charge in [-0.05, 0) is 23.6 Å². The van der Waals surface area contributed by atoms with Gasteiger partial charge in [0.2, 0.25) is 0 Å². The zero-order chi connectivity index (χ0) is 18.5. The van der Waals surface area contributed by atoms with Gasteiger partial charge in [0.15, 0.2) is 0 Å². The molecule has 0 saturated carbocycles. The summed E-state index contributed by atoms with van der Waals surface area (Å²) >= 11 is 0. The van der Waals surface area contributed by atoms with Crippen molar-refractivity contribution in [2.75, 3.05) is 0 Å². The van der Waals surface area contributed by atoms with Crippen molar-refractivity contribution in [3.8, 4) is 0 Å².